The molecular weight excluding hydrogens is 288 g/mol. The molecule has 2 fully saturated rings. The maximum atomic E-state index is 6.84. The molecular formula is C16H31ClO2Si. The zero-order valence-electron chi connectivity index (χ0n) is 14.3. The summed E-state index contributed by atoms with van der Waals surface area (Å²) in [7, 11) is -1.83. The summed E-state index contributed by atoms with van der Waals surface area (Å²) in [5, 5.41) is 0.169. The van der Waals surface area contributed by atoms with Gasteiger partial charge in [-0.05, 0) is 43.8 Å². The van der Waals surface area contributed by atoms with Crippen LogP contribution in [-0.2, 0) is 9.16 Å². The minimum absolute atomic E-state index is 0.0289. The summed E-state index contributed by atoms with van der Waals surface area (Å²) < 4.78 is 13.1. The van der Waals surface area contributed by atoms with E-state index >= 15 is 0 Å². The second kappa shape index (κ2) is 4.71. The van der Waals surface area contributed by atoms with Gasteiger partial charge in [0, 0.05) is 0 Å². The molecule has 2 aliphatic heterocycles. The molecule has 0 aromatic carbocycles. The first-order valence-electron chi connectivity index (χ1n) is 7.88. The fourth-order valence-electron chi connectivity index (χ4n) is 3.34. The van der Waals surface area contributed by atoms with Gasteiger partial charge in [-0.15, -0.1) is 11.6 Å². The van der Waals surface area contributed by atoms with Crippen LogP contribution in [0.25, 0.3) is 0 Å². The van der Waals surface area contributed by atoms with Gasteiger partial charge in [-0.2, -0.15) is 0 Å². The Bertz CT molecular complexity index is 390. The highest BCUT2D eigenvalue weighted by Crippen LogP contribution is 2.58. The molecule has 0 aliphatic carbocycles. The Labute approximate surface area is 130 Å². The molecule has 4 atom stereocenters. The lowest BCUT2D eigenvalue weighted by Gasteiger charge is -2.44. The fourth-order valence-corrected chi connectivity index (χ4v) is 5.53. The summed E-state index contributed by atoms with van der Waals surface area (Å²) in [6.07, 6.45) is 2.15. The van der Waals surface area contributed by atoms with Gasteiger partial charge >= 0.3 is 0 Å². The second-order valence-corrected chi connectivity index (χ2v) is 14.0. The third-order valence-electron chi connectivity index (χ3n) is 5.97. The van der Waals surface area contributed by atoms with Gasteiger partial charge in [-0.25, -0.2) is 0 Å². The van der Waals surface area contributed by atoms with Crippen molar-refractivity contribution in [3.63, 3.8) is 0 Å². The first-order chi connectivity index (χ1) is 8.86. The van der Waals surface area contributed by atoms with E-state index in [1.54, 1.807) is 0 Å². The van der Waals surface area contributed by atoms with Crippen LogP contribution in [0.15, 0.2) is 0 Å². The van der Waals surface area contributed by atoms with Gasteiger partial charge in [0.1, 0.15) is 0 Å². The van der Waals surface area contributed by atoms with E-state index in [0.717, 1.165) is 12.8 Å². The van der Waals surface area contributed by atoms with Gasteiger partial charge < -0.3 is 9.16 Å². The van der Waals surface area contributed by atoms with E-state index in [2.05, 4.69) is 54.6 Å². The number of alkyl halides is 1. The Balaban J connectivity index is 2.27. The summed E-state index contributed by atoms with van der Waals surface area (Å²) >= 11 is 6.84. The Morgan fingerprint density at radius 2 is 1.80 bits per heavy atom. The molecule has 0 unspecified atom stereocenters. The van der Waals surface area contributed by atoms with Crippen molar-refractivity contribution in [3.05, 3.63) is 0 Å². The third kappa shape index (κ3) is 2.29. The highest BCUT2D eigenvalue weighted by atomic mass is 35.5. The largest absolute Gasteiger partial charge is 0.409 e. The minimum Gasteiger partial charge on any atom is -0.409 e. The summed E-state index contributed by atoms with van der Waals surface area (Å²) in [6, 6.07) is 0. The molecule has 2 saturated heterocycles. The number of fused-ring (bicyclic) bond motifs is 2. The van der Waals surface area contributed by atoms with Gasteiger partial charge in [0.2, 0.25) is 0 Å². The Kier molecular flexibility index (Phi) is 3.95. The molecule has 20 heavy (non-hydrogen) atoms. The monoisotopic (exact) mass is 318 g/mol. The average Bonchev–Trinajstić information content (AvgIpc) is 2.72. The molecule has 2 heterocycles. The molecule has 0 amide bonds. The van der Waals surface area contributed by atoms with E-state index in [1.807, 2.05) is 0 Å². The third-order valence-corrected chi connectivity index (χ3v) is 11.0. The van der Waals surface area contributed by atoms with Gasteiger partial charge in [-0.3, -0.25) is 0 Å². The Morgan fingerprint density at radius 1 is 1.25 bits per heavy atom. The van der Waals surface area contributed by atoms with E-state index in [0.29, 0.717) is 5.92 Å². The highest BCUT2D eigenvalue weighted by molar-refractivity contribution is 6.74. The van der Waals surface area contributed by atoms with Gasteiger partial charge in [0.05, 0.1) is 22.7 Å². The molecule has 4 heteroatoms. The number of ether oxygens (including phenoxy) is 1. The van der Waals surface area contributed by atoms with Crippen molar-refractivity contribution in [2.75, 3.05) is 0 Å². The summed E-state index contributed by atoms with van der Waals surface area (Å²) in [5.41, 5.74) is -0.393. The topological polar surface area (TPSA) is 18.5 Å². The van der Waals surface area contributed by atoms with Gasteiger partial charge in [0.25, 0.3) is 0 Å². The predicted octanol–water partition coefficient (Wildman–Crippen LogP) is 4.96. The summed E-state index contributed by atoms with van der Waals surface area (Å²) in [5.74, 6) is 0.430. The van der Waals surface area contributed by atoms with Crippen molar-refractivity contribution in [1.29, 1.82) is 0 Å². The molecule has 0 spiro atoms. The van der Waals surface area contributed by atoms with Gasteiger partial charge in [0.15, 0.2) is 8.32 Å². The standard InChI is InChI=1S/C16H31ClO2Si/c1-11(2)16-10-9-15(6,19-16)13(12(16)17)18-20(7,8)14(3,4)5/h11-13H,9-10H2,1-8H3/t12-,13-,15+,16+/m1/s1. The van der Waals surface area contributed by atoms with Crippen molar-refractivity contribution in [2.45, 2.75) is 95.2 Å². The van der Waals surface area contributed by atoms with E-state index in [4.69, 9.17) is 20.8 Å². The Morgan fingerprint density at radius 3 is 2.20 bits per heavy atom. The maximum absolute atomic E-state index is 6.84. The first-order valence-corrected chi connectivity index (χ1v) is 11.2. The highest BCUT2D eigenvalue weighted by Gasteiger charge is 2.67. The lowest BCUT2D eigenvalue weighted by Crippen LogP contribution is -2.55. The lowest BCUT2D eigenvalue weighted by molar-refractivity contribution is -0.0780. The Hall–Kier alpha value is 0.427. The molecule has 0 radical (unpaired) electrons. The van der Waals surface area contributed by atoms with E-state index in [-0.39, 0.29) is 27.7 Å². The molecule has 0 saturated carbocycles. The van der Waals surface area contributed by atoms with Crippen molar-refractivity contribution in [3.8, 4) is 0 Å². The average molecular weight is 319 g/mol. The predicted molar refractivity (Wildman–Crippen MR) is 88.0 cm³/mol. The molecule has 2 nitrogen and oxygen atoms in total. The second-order valence-electron chi connectivity index (χ2n) is 8.72. The number of hydrogen-bond donors (Lipinski definition) is 0. The smallest absolute Gasteiger partial charge is 0.192 e. The molecule has 2 bridgehead atoms. The van der Waals surface area contributed by atoms with Crippen molar-refractivity contribution < 1.29 is 9.16 Å². The number of halogens is 1. The lowest BCUT2D eigenvalue weighted by atomic mass is 9.75. The van der Waals surface area contributed by atoms with Crippen LogP contribution >= 0.6 is 11.6 Å². The number of rotatable bonds is 3. The van der Waals surface area contributed by atoms with Crippen LogP contribution in [0.5, 0.6) is 0 Å². The molecule has 2 rings (SSSR count). The van der Waals surface area contributed by atoms with Crippen LogP contribution in [-0.4, -0.2) is 31.0 Å². The van der Waals surface area contributed by atoms with E-state index in [1.165, 1.54) is 0 Å². The van der Waals surface area contributed by atoms with Crippen LogP contribution < -0.4 is 0 Å². The number of hydrogen-bond acceptors (Lipinski definition) is 2. The van der Waals surface area contributed by atoms with Crippen molar-refractivity contribution in [1.82, 2.24) is 0 Å². The van der Waals surface area contributed by atoms with Crippen LogP contribution in [0.4, 0.5) is 0 Å². The summed E-state index contributed by atoms with van der Waals surface area (Å²) in [6.45, 7) is 18.1. The molecule has 0 N–H and O–H groups in total. The fraction of sp³-hybridized carbons (Fsp3) is 1.00. The van der Waals surface area contributed by atoms with Crippen LogP contribution in [0.1, 0.15) is 54.4 Å². The summed E-state index contributed by atoms with van der Waals surface area (Å²) in [4.78, 5) is 0. The zero-order valence-corrected chi connectivity index (χ0v) is 16.1. The first kappa shape index (κ1) is 16.8. The normalized spacial score (nSPS) is 41.7. The van der Waals surface area contributed by atoms with Gasteiger partial charge in [-0.1, -0.05) is 34.6 Å². The molecule has 2 aliphatic rings. The van der Waals surface area contributed by atoms with Crippen molar-refractivity contribution in [2.24, 2.45) is 5.92 Å². The molecule has 118 valence electrons. The van der Waals surface area contributed by atoms with Crippen molar-refractivity contribution >= 4 is 19.9 Å². The van der Waals surface area contributed by atoms with E-state index in [9.17, 15) is 0 Å². The SMILES string of the molecule is CC(C)[C@]12CC[C@](C)(O1)[C@H](O[Si](C)(C)C(C)(C)C)[C@H]2Cl. The molecule has 0 aromatic rings. The van der Waals surface area contributed by atoms with Crippen LogP contribution in [0.3, 0.4) is 0 Å². The van der Waals surface area contributed by atoms with E-state index < -0.39 is 8.32 Å². The minimum atomic E-state index is -1.83. The zero-order chi connectivity index (χ0) is 15.6. The quantitative estimate of drug-likeness (QED) is 0.541. The maximum Gasteiger partial charge on any atom is 0.192 e. The van der Waals surface area contributed by atoms with Crippen LogP contribution in [0, 0.1) is 5.92 Å². The van der Waals surface area contributed by atoms with Crippen LogP contribution in [0.2, 0.25) is 18.1 Å². The molecule has 0 aromatic heterocycles.